The second-order valence-corrected chi connectivity index (χ2v) is 10.3. The molecule has 202 valence electrons. The summed E-state index contributed by atoms with van der Waals surface area (Å²) >= 11 is 1.48. The summed E-state index contributed by atoms with van der Waals surface area (Å²) < 4.78 is 41.6. The lowest BCUT2D eigenvalue weighted by Gasteiger charge is -2.16. The summed E-state index contributed by atoms with van der Waals surface area (Å²) in [6.07, 6.45) is 3.31. The van der Waals surface area contributed by atoms with Crippen molar-refractivity contribution in [1.82, 2.24) is 4.90 Å². The molecule has 0 aromatic heterocycles. The van der Waals surface area contributed by atoms with Gasteiger partial charge in [0.05, 0.1) is 17.6 Å². The smallest absolute Gasteiger partial charge is 0.366 e. The third kappa shape index (κ3) is 9.08. The number of allylic oxidation sites excluding steroid dienone is 1. The normalized spacial score (nSPS) is 14.0. The van der Waals surface area contributed by atoms with Gasteiger partial charge < -0.3 is 10.6 Å². The summed E-state index contributed by atoms with van der Waals surface area (Å²) in [4.78, 5) is 7.00. The molecule has 7 heteroatoms. The molecule has 0 atom stereocenters. The van der Waals surface area contributed by atoms with E-state index in [1.165, 1.54) is 55.3 Å². The average molecular weight is 532 g/mol. The van der Waals surface area contributed by atoms with E-state index in [1.54, 1.807) is 19.3 Å². The quantitative estimate of drug-likeness (QED) is 0.212. The first-order valence-electron chi connectivity index (χ1n) is 12.7. The van der Waals surface area contributed by atoms with Crippen molar-refractivity contribution in [1.29, 1.82) is 0 Å². The van der Waals surface area contributed by atoms with Gasteiger partial charge in [0.1, 0.15) is 0 Å². The molecule has 0 amide bonds. The van der Waals surface area contributed by atoms with Crippen LogP contribution in [0.1, 0.15) is 66.5 Å². The maximum Gasteiger partial charge on any atom is 0.416 e. The van der Waals surface area contributed by atoms with Crippen molar-refractivity contribution in [3.8, 4) is 0 Å². The molecule has 2 N–H and O–H groups in total. The van der Waals surface area contributed by atoms with Crippen molar-refractivity contribution in [3.63, 3.8) is 0 Å². The van der Waals surface area contributed by atoms with E-state index < -0.39 is 11.7 Å². The minimum atomic E-state index is -4.44. The Morgan fingerprint density at radius 1 is 1.11 bits per heavy atom. The van der Waals surface area contributed by atoms with Crippen molar-refractivity contribution >= 4 is 28.7 Å². The molecular formula is C30H40F3N3S. The fourth-order valence-electron chi connectivity index (χ4n) is 4.21. The summed E-state index contributed by atoms with van der Waals surface area (Å²) in [5.41, 5.74) is 9.99. The van der Waals surface area contributed by atoms with Gasteiger partial charge in [0.2, 0.25) is 0 Å². The van der Waals surface area contributed by atoms with Crippen LogP contribution in [-0.2, 0) is 25.4 Å². The van der Waals surface area contributed by atoms with Crippen LogP contribution in [0.25, 0.3) is 4.91 Å². The Hall–Kier alpha value is -2.51. The van der Waals surface area contributed by atoms with Gasteiger partial charge >= 0.3 is 6.18 Å². The summed E-state index contributed by atoms with van der Waals surface area (Å²) in [6.45, 7) is 10.6. The van der Waals surface area contributed by atoms with Gasteiger partial charge in [-0.1, -0.05) is 54.6 Å². The van der Waals surface area contributed by atoms with E-state index in [1.807, 2.05) is 31.2 Å². The lowest BCUT2D eigenvalue weighted by molar-refractivity contribution is -0.138. The maximum absolute atomic E-state index is 13.9. The molecule has 0 unspecified atom stereocenters. The van der Waals surface area contributed by atoms with E-state index in [0.717, 1.165) is 41.0 Å². The van der Waals surface area contributed by atoms with Crippen LogP contribution in [0.5, 0.6) is 0 Å². The first-order chi connectivity index (χ1) is 17.6. The van der Waals surface area contributed by atoms with Gasteiger partial charge in [0.25, 0.3) is 0 Å². The van der Waals surface area contributed by atoms with Crippen LogP contribution >= 0.6 is 11.8 Å². The molecule has 37 heavy (non-hydrogen) atoms. The molecule has 1 aliphatic rings. The predicted octanol–water partition coefficient (Wildman–Crippen LogP) is 8.32. The first-order valence-corrected chi connectivity index (χ1v) is 13.6. The van der Waals surface area contributed by atoms with Gasteiger partial charge in [0.15, 0.2) is 0 Å². The highest BCUT2D eigenvalue weighted by molar-refractivity contribution is 8.10. The van der Waals surface area contributed by atoms with Gasteiger partial charge in [-0.3, -0.25) is 0 Å². The maximum atomic E-state index is 13.9. The minimum absolute atomic E-state index is 0.221. The Morgan fingerprint density at radius 3 is 2.43 bits per heavy atom. The highest BCUT2D eigenvalue weighted by Gasteiger charge is 2.34. The number of aliphatic imine (C=N–C) groups is 1. The van der Waals surface area contributed by atoms with Crippen molar-refractivity contribution in [2.75, 3.05) is 20.6 Å². The number of nitrogens with two attached hydrogens (primary N) is 1. The number of fused-ring (bicyclic) bond motifs is 1. The molecule has 0 fully saturated rings. The second kappa shape index (κ2) is 14.4. The summed E-state index contributed by atoms with van der Waals surface area (Å²) in [6, 6.07) is 9.34. The molecule has 0 aliphatic heterocycles. The van der Waals surface area contributed by atoms with Gasteiger partial charge in [-0.05, 0) is 99.2 Å². The van der Waals surface area contributed by atoms with Crippen molar-refractivity contribution in [2.24, 2.45) is 10.7 Å². The summed E-state index contributed by atoms with van der Waals surface area (Å²) in [7, 11) is 3.34. The molecule has 0 heterocycles. The van der Waals surface area contributed by atoms with E-state index in [9.17, 15) is 13.2 Å². The Kier molecular flexibility index (Phi) is 12.0. The van der Waals surface area contributed by atoms with Crippen molar-refractivity contribution < 1.29 is 13.2 Å². The summed E-state index contributed by atoms with van der Waals surface area (Å²) in [5.74, 6) is 0. The Morgan fingerprint density at radius 2 is 1.78 bits per heavy atom. The number of halogens is 3. The van der Waals surface area contributed by atoms with Crippen LogP contribution < -0.4 is 5.73 Å². The SMILES string of the molecule is C=C(S/C=C(\C)Cc1cc(C)c(N=CN(C)CC)cc1C(F)(F)F)c1ccc2c(c1)CCCCC2.CN. The standard InChI is InChI=1S/C29H35F3N2S.CH5N/c1-6-34(5)19-33-28-17-27(29(30,31)32)26(15-21(28)3)14-20(2)18-35-22(4)24-13-12-23-10-8-7-9-11-25(23)16-24;1-2/h12-13,15-19H,4,6-11,14H2,1-3,5H3;2H2,1H3/b20-18+,33-19?;. The van der Waals surface area contributed by atoms with E-state index in [4.69, 9.17) is 0 Å². The van der Waals surface area contributed by atoms with Crippen LogP contribution in [0.4, 0.5) is 18.9 Å². The highest BCUT2D eigenvalue weighted by Crippen LogP contribution is 2.38. The fraction of sp³-hybridized carbons (Fsp3) is 0.433. The first kappa shape index (κ1) is 30.7. The van der Waals surface area contributed by atoms with Crippen LogP contribution in [0.3, 0.4) is 0 Å². The van der Waals surface area contributed by atoms with Crippen molar-refractivity contribution in [2.45, 2.75) is 65.5 Å². The second-order valence-electron chi connectivity index (χ2n) is 9.34. The largest absolute Gasteiger partial charge is 0.416 e. The minimum Gasteiger partial charge on any atom is -0.366 e. The van der Waals surface area contributed by atoms with E-state index in [2.05, 4.69) is 35.5 Å². The van der Waals surface area contributed by atoms with E-state index >= 15 is 0 Å². The number of benzene rings is 2. The molecule has 0 bridgehead atoms. The topological polar surface area (TPSA) is 41.6 Å². The zero-order valence-electron chi connectivity index (χ0n) is 22.7. The number of aryl methyl sites for hydroxylation is 3. The van der Waals surface area contributed by atoms with E-state index in [0.29, 0.717) is 5.69 Å². The molecule has 0 saturated carbocycles. The lowest BCUT2D eigenvalue weighted by Crippen LogP contribution is -2.14. The average Bonchev–Trinajstić information content (AvgIpc) is 3.12. The molecular weight excluding hydrogens is 491 g/mol. The Labute approximate surface area is 224 Å². The van der Waals surface area contributed by atoms with Crippen LogP contribution in [0, 0.1) is 6.92 Å². The van der Waals surface area contributed by atoms with Crippen LogP contribution in [-0.4, -0.2) is 31.9 Å². The molecule has 0 saturated heterocycles. The number of nitrogens with zero attached hydrogens (tertiary/aromatic N) is 2. The number of rotatable bonds is 8. The molecule has 2 aromatic rings. The Bertz CT molecular complexity index is 1120. The molecule has 3 nitrogen and oxygen atoms in total. The van der Waals surface area contributed by atoms with Crippen LogP contribution in [0.15, 0.2) is 52.9 Å². The third-order valence-electron chi connectivity index (χ3n) is 6.41. The number of alkyl halides is 3. The van der Waals surface area contributed by atoms with Gasteiger partial charge in [-0.2, -0.15) is 13.2 Å². The molecule has 0 spiro atoms. The fourth-order valence-corrected chi connectivity index (χ4v) is 4.90. The molecule has 1 aliphatic carbocycles. The summed E-state index contributed by atoms with van der Waals surface area (Å²) in [5, 5.41) is 1.92. The van der Waals surface area contributed by atoms with Gasteiger partial charge in [-0.15, -0.1) is 0 Å². The molecule has 0 radical (unpaired) electrons. The number of hydrogen-bond donors (Lipinski definition) is 1. The molecule has 3 rings (SSSR count). The highest BCUT2D eigenvalue weighted by atomic mass is 32.2. The van der Waals surface area contributed by atoms with Gasteiger partial charge in [-0.25, -0.2) is 4.99 Å². The zero-order chi connectivity index (χ0) is 27.6. The molecule has 2 aromatic carbocycles. The zero-order valence-corrected chi connectivity index (χ0v) is 23.5. The monoisotopic (exact) mass is 531 g/mol. The third-order valence-corrected chi connectivity index (χ3v) is 7.45. The van der Waals surface area contributed by atoms with Crippen molar-refractivity contribution in [3.05, 3.63) is 81.3 Å². The Balaban J connectivity index is 0.00000235. The lowest BCUT2D eigenvalue weighted by atomic mass is 9.97. The number of hydrogen-bond acceptors (Lipinski definition) is 3. The van der Waals surface area contributed by atoms with E-state index in [-0.39, 0.29) is 12.0 Å². The van der Waals surface area contributed by atoms with Gasteiger partial charge in [0, 0.05) is 18.5 Å². The van der Waals surface area contributed by atoms with Crippen LogP contribution in [0.2, 0.25) is 0 Å². The number of thioether (sulfide) groups is 1. The predicted molar refractivity (Wildman–Crippen MR) is 155 cm³/mol.